The monoisotopic (exact) mass is 700 g/mol. The van der Waals surface area contributed by atoms with Crippen LogP contribution in [-0.2, 0) is 0 Å². The highest BCUT2D eigenvalue weighted by Crippen LogP contribution is 2.42. The Morgan fingerprint density at radius 3 is 1.69 bits per heavy atom. The molecule has 0 atom stereocenters. The van der Waals surface area contributed by atoms with Gasteiger partial charge in [0, 0.05) is 43.4 Å². The molecule has 0 amide bonds. The van der Waals surface area contributed by atoms with Gasteiger partial charge in [-0.1, -0.05) is 127 Å². The van der Waals surface area contributed by atoms with Gasteiger partial charge in [-0.3, -0.25) is 0 Å². The fourth-order valence-electron chi connectivity index (χ4n) is 8.94. The van der Waals surface area contributed by atoms with Crippen molar-refractivity contribution in [3.63, 3.8) is 0 Å². The van der Waals surface area contributed by atoms with Gasteiger partial charge >= 0.3 is 0 Å². The minimum Gasteiger partial charge on any atom is -0.456 e. The molecule has 12 aromatic rings. The topological polar surface area (TPSA) is 23.0 Å². The molecule has 55 heavy (non-hydrogen) atoms. The molecule has 0 unspecified atom stereocenters. The van der Waals surface area contributed by atoms with Gasteiger partial charge in [0.1, 0.15) is 11.2 Å². The van der Waals surface area contributed by atoms with Crippen molar-refractivity contribution in [1.29, 1.82) is 0 Å². The first-order valence-corrected chi connectivity index (χ1v) is 18.8. The van der Waals surface area contributed by atoms with Gasteiger partial charge in [-0.15, -0.1) is 0 Å². The van der Waals surface area contributed by atoms with E-state index in [1.54, 1.807) is 0 Å². The Morgan fingerprint density at radius 1 is 0.291 bits per heavy atom. The number of furan rings is 1. The zero-order chi connectivity index (χ0) is 36.0. The van der Waals surface area contributed by atoms with Crippen LogP contribution >= 0.6 is 0 Å². The van der Waals surface area contributed by atoms with E-state index in [9.17, 15) is 0 Å². The number of hydrogen-bond donors (Lipinski definition) is 0. The second-order valence-corrected chi connectivity index (χ2v) is 14.5. The first-order valence-electron chi connectivity index (χ1n) is 18.8. The summed E-state index contributed by atoms with van der Waals surface area (Å²) >= 11 is 0. The molecule has 0 aliphatic heterocycles. The molecule has 256 valence electrons. The maximum Gasteiger partial charge on any atom is 0.136 e. The first kappa shape index (κ1) is 30.1. The smallest absolute Gasteiger partial charge is 0.136 e. The van der Waals surface area contributed by atoms with E-state index in [0.717, 1.165) is 27.6 Å². The summed E-state index contributed by atoms with van der Waals surface area (Å²) in [7, 11) is 0. The largest absolute Gasteiger partial charge is 0.456 e. The molecule has 0 aliphatic carbocycles. The molecule has 9 aromatic carbocycles. The standard InChI is InChI=1S/C52H32N2O/c1-2-11-33(12-3-1)34-21-25-38(26-22-34)53-47-18-8-6-16-40(47)42-29-36(23-27-48(42)53)37-24-28-49-43(30-37)44-32-52-45(41-17-7-9-20-51(41)55-52)31-50(44)54(49)46-19-10-14-35-13-4-5-15-39(35)46/h1-32H. The van der Waals surface area contributed by atoms with Crippen molar-refractivity contribution < 1.29 is 4.42 Å². The molecule has 0 radical (unpaired) electrons. The molecule has 0 aliphatic rings. The van der Waals surface area contributed by atoms with Crippen LogP contribution < -0.4 is 0 Å². The van der Waals surface area contributed by atoms with Crippen LogP contribution in [0, 0.1) is 0 Å². The van der Waals surface area contributed by atoms with Gasteiger partial charge in [-0.25, -0.2) is 0 Å². The van der Waals surface area contributed by atoms with Crippen LogP contribution in [-0.4, -0.2) is 9.13 Å². The zero-order valence-electron chi connectivity index (χ0n) is 29.8. The summed E-state index contributed by atoms with van der Waals surface area (Å²) < 4.78 is 11.3. The number of fused-ring (bicyclic) bond motifs is 10. The van der Waals surface area contributed by atoms with Gasteiger partial charge in [0.05, 0.1) is 27.8 Å². The van der Waals surface area contributed by atoms with Gasteiger partial charge in [-0.05, 0) is 94.4 Å². The summed E-state index contributed by atoms with van der Waals surface area (Å²) in [5.74, 6) is 0. The Bertz CT molecular complexity index is 3470. The average molecular weight is 701 g/mol. The highest BCUT2D eigenvalue weighted by atomic mass is 16.3. The molecule has 12 rings (SSSR count). The Balaban J connectivity index is 1.07. The first-order chi connectivity index (χ1) is 27.3. The summed E-state index contributed by atoms with van der Waals surface area (Å²) in [6.45, 7) is 0. The summed E-state index contributed by atoms with van der Waals surface area (Å²) in [6, 6.07) is 70.3. The van der Waals surface area contributed by atoms with Crippen LogP contribution in [0.1, 0.15) is 0 Å². The number of hydrogen-bond acceptors (Lipinski definition) is 1. The third-order valence-corrected chi connectivity index (χ3v) is 11.5. The number of nitrogens with zero attached hydrogens (tertiary/aromatic N) is 2. The molecular formula is C52H32N2O. The van der Waals surface area contributed by atoms with E-state index in [-0.39, 0.29) is 0 Å². The Labute approximate surface area is 316 Å². The lowest BCUT2D eigenvalue weighted by Crippen LogP contribution is -1.95. The van der Waals surface area contributed by atoms with Crippen molar-refractivity contribution >= 4 is 76.3 Å². The lowest BCUT2D eigenvalue weighted by Gasteiger charge is -2.12. The normalized spacial score (nSPS) is 12.0. The lowest BCUT2D eigenvalue weighted by molar-refractivity contribution is 0.669. The quantitative estimate of drug-likeness (QED) is 0.179. The van der Waals surface area contributed by atoms with Crippen molar-refractivity contribution in [3.05, 3.63) is 194 Å². The average Bonchev–Trinajstić information content (AvgIpc) is 3.89. The van der Waals surface area contributed by atoms with E-state index in [0.29, 0.717) is 0 Å². The van der Waals surface area contributed by atoms with E-state index < -0.39 is 0 Å². The minimum atomic E-state index is 0.905. The number of rotatable bonds is 4. The maximum absolute atomic E-state index is 6.45. The fraction of sp³-hybridized carbons (Fsp3) is 0. The number of para-hydroxylation sites is 2. The van der Waals surface area contributed by atoms with Gasteiger partial charge in [-0.2, -0.15) is 0 Å². The van der Waals surface area contributed by atoms with Crippen molar-refractivity contribution in [2.45, 2.75) is 0 Å². The van der Waals surface area contributed by atoms with Gasteiger partial charge < -0.3 is 13.6 Å². The third kappa shape index (κ3) is 4.50. The Kier molecular flexibility index (Phi) is 6.34. The fourth-order valence-corrected chi connectivity index (χ4v) is 8.94. The number of benzene rings is 9. The van der Waals surface area contributed by atoms with Crippen molar-refractivity contribution in [3.8, 4) is 33.6 Å². The molecule has 0 fully saturated rings. The molecular weight excluding hydrogens is 669 g/mol. The molecule has 3 heteroatoms. The molecule has 3 heterocycles. The van der Waals surface area contributed by atoms with Crippen LogP contribution in [0.2, 0.25) is 0 Å². The zero-order valence-corrected chi connectivity index (χ0v) is 29.8. The molecule has 0 saturated carbocycles. The molecule has 3 nitrogen and oxygen atoms in total. The third-order valence-electron chi connectivity index (χ3n) is 11.5. The minimum absolute atomic E-state index is 0.905. The van der Waals surface area contributed by atoms with Crippen LogP contribution in [0.25, 0.3) is 110 Å². The SMILES string of the molecule is c1ccc(-c2ccc(-n3c4ccccc4c4cc(-c5ccc6c(c5)c5cc7oc8ccccc8c7cc5n6-c5cccc6ccccc56)ccc43)cc2)cc1. The molecule has 0 saturated heterocycles. The summed E-state index contributed by atoms with van der Waals surface area (Å²) in [5.41, 5.74) is 13.7. The van der Waals surface area contributed by atoms with E-state index >= 15 is 0 Å². The Hall–Kier alpha value is -7.36. The van der Waals surface area contributed by atoms with E-state index in [4.69, 9.17) is 4.42 Å². The van der Waals surface area contributed by atoms with Gasteiger partial charge in [0.25, 0.3) is 0 Å². The highest BCUT2D eigenvalue weighted by Gasteiger charge is 2.19. The van der Waals surface area contributed by atoms with E-state index in [1.807, 2.05) is 6.07 Å². The highest BCUT2D eigenvalue weighted by molar-refractivity contribution is 6.18. The van der Waals surface area contributed by atoms with Gasteiger partial charge in [0.2, 0.25) is 0 Å². The van der Waals surface area contributed by atoms with Gasteiger partial charge in [0.15, 0.2) is 0 Å². The predicted molar refractivity (Wildman–Crippen MR) is 231 cm³/mol. The molecule has 0 bridgehead atoms. The Morgan fingerprint density at radius 2 is 0.873 bits per heavy atom. The molecule has 0 N–H and O–H groups in total. The summed E-state index contributed by atoms with van der Waals surface area (Å²) in [5, 5.41) is 9.56. The van der Waals surface area contributed by atoms with Crippen LogP contribution in [0.5, 0.6) is 0 Å². The summed E-state index contributed by atoms with van der Waals surface area (Å²) in [6.07, 6.45) is 0. The van der Waals surface area contributed by atoms with Crippen molar-refractivity contribution in [2.24, 2.45) is 0 Å². The van der Waals surface area contributed by atoms with Crippen molar-refractivity contribution in [2.75, 3.05) is 0 Å². The second kappa shape index (κ2) is 11.6. The molecule has 3 aromatic heterocycles. The number of aromatic nitrogens is 2. The van der Waals surface area contributed by atoms with Crippen LogP contribution in [0.15, 0.2) is 199 Å². The van der Waals surface area contributed by atoms with Crippen LogP contribution in [0.4, 0.5) is 0 Å². The van der Waals surface area contributed by atoms with Crippen molar-refractivity contribution in [1.82, 2.24) is 9.13 Å². The van der Waals surface area contributed by atoms with Crippen LogP contribution in [0.3, 0.4) is 0 Å². The van der Waals surface area contributed by atoms with E-state index in [2.05, 4.69) is 197 Å². The van der Waals surface area contributed by atoms with E-state index in [1.165, 1.54) is 82.3 Å². The maximum atomic E-state index is 6.45. The molecule has 0 spiro atoms. The lowest BCUT2D eigenvalue weighted by atomic mass is 10.0. The summed E-state index contributed by atoms with van der Waals surface area (Å²) in [4.78, 5) is 0. The predicted octanol–water partition coefficient (Wildman–Crippen LogP) is 14.3. The second-order valence-electron chi connectivity index (χ2n) is 14.5.